The smallest absolute Gasteiger partial charge is 0.0842 e. The summed E-state index contributed by atoms with van der Waals surface area (Å²) in [6, 6.07) is 9.26. The molecule has 0 bridgehead atoms. The van der Waals surface area contributed by atoms with Gasteiger partial charge in [-0.3, -0.25) is 0 Å². The van der Waals surface area contributed by atoms with E-state index in [0.717, 1.165) is 32.7 Å². The lowest BCUT2D eigenvalue weighted by molar-refractivity contribution is 0.00995. The first-order valence-corrected chi connectivity index (χ1v) is 7.83. The Morgan fingerprint density at radius 2 is 2.00 bits per heavy atom. The van der Waals surface area contributed by atoms with E-state index in [4.69, 9.17) is 9.47 Å². The summed E-state index contributed by atoms with van der Waals surface area (Å²) in [7, 11) is 2.08. The summed E-state index contributed by atoms with van der Waals surface area (Å²) in [5.74, 6) is 0.714. The minimum atomic E-state index is 0.250. The molecule has 2 heterocycles. The van der Waals surface area contributed by atoms with Crippen molar-refractivity contribution in [1.82, 2.24) is 5.32 Å². The van der Waals surface area contributed by atoms with Crippen LogP contribution in [0.25, 0.3) is 0 Å². The average molecular weight is 275 g/mol. The summed E-state index contributed by atoms with van der Waals surface area (Å²) in [5, 5.41) is 3.51. The lowest BCUT2D eigenvalue weighted by Crippen LogP contribution is -2.39. The Bertz CT molecular complexity index is 429. The molecular weight excluding hydrogens is 250 g/mol. The minimum Gasteiger partial charge on any atom is -0.381 e. The Hall–Kier alpha value is -0.900. The van der Waals surface area contributed by atoms with Crippen molar-refractivity contribution in [2.45, 2.75) is 37.8 Å². The molecule has 2 atom stereocenters. The fourth-order valence-electron chi connectivity index (χ4n) is 3.57. The van der Waals surface area contributed by atoms with Crippen molar-refractivity contribution < 1.29 is 9.47 Å². The van der Waals surface area contributed by atoms with Gasteiger partial charge in [-0.25, -0.2) is 0 Å². The van der Waals surface area contributed by atoms with Crippen LogP contribution in [0.4, 0.5) is 0 Å². The predicted octanol–water partition coefficient (Wildman–Crippen LogP) is 2.71. The molecule has 0 radical (unpaired) electrons. The van der Waals surface area contributed by atoms with E-state index in [0.29, 0.717) is 12.0 Å². The van der Waals surface area contributed by atoms with Crippen molar-refractivity contribution in [3.05, 3.63) is 35.4 Å². The Kier molecular flexibility index (Phi) is 4.71. The van der Waals surface area contributed by atoms with Crippen LogP contribution in [0.15, 0.2) is 24.3 Å². The molecule has 2 aliphatic rings. The van der Waals surface area contributed by atoms with E-state index in [9.17, 15) is 0 Å². The SMILES string of the molecule is CNC(CC1OCCc2ccccc21)C1CCOCC1. The molecule has 110 valence electrons. The molecule has 2 unspecified atom stereocenters. The standard InChI is InChI=1S/C17H25NO2/c1-18-16(14-6-9-19-10-7-14)12-17-15-5-3-2-4-13(15)8-11-20-17/h2-5,14,16-18H,6-12H2,1H3. The highest BCUT2D eigenvalue weighted by Crippen LogP contribution is 2.33. The van der Waals surface area contributed by atoms with Crippen LogP contribution in [-0.2, 0) is 15.9 Å². The molecule has 0 aromatic heterocycles. The van der Waals surface area contributed by atoms with Gasteiger partial charge in [-0.05, 0) is 49.8 Å². The Morgan fingerprint density at radius 1 is 1.20 bits per heavy atom. The molecule has 0 saturated carbocycles. The Balaban J connectivity index is 1.70. The molecule has 1 aromatic rings. The molecule has 0 aliphatic carbocycles. The molecule has 1 fully saturated rings. The van der Waals surface area contributed by atoms with Crippen molar-refractivity contribution in [2.24, 2.45) is 5.92 Å². The second kappa shape index (κ2) is 6.70. The number of rotatable bonds is 4. The fraction of sp³-hybridized carbons (Fsp3) is 0.647. The maximum atomic E-state index is 6.06. The molecule has 1 aromatic carbocycles. The van der Waals surface area contributed by atoms with E-state index in [1.807, 2.05) is 0 Å². The molecule has 3 heteroatoms. The van der Waals surface area contributed by atoms with Crippen molar-refractivity contribution in [3.8, 4) is 0 Å². The number of ether oxygens (including phenoxy) is 2. The minimum absolute atomic E-state index is 0.250. The normalized spacial score (nSPS) is 25.1. The second-order valence-electron chi connectivity index (χ2n) is 5.89. The maximum Gasteiger partial charge on any atom is 0.0842 e. The monoisotopic (exact) mass is 275 g/mol. The van der Waals surface area contributed by atoms with Crippen LogP contribution < -0.4 is 5.32 Å². The first-order valence-electron chi connectivity index (χ1n) is 7.83. The third-order valence-corrected chi connectivity index (χ3v) is 4.77. The van der Waals surface area contributed by atoms with E-state index in [-0.39, 0.29) is 6.10 Å². The van der Waals surface area contributed by atoms with Gasteiger partial charge in [0.25, 0.3) is 0 Å². The summed E-state index contributed by atoms with van der Waals surface area (Å²) in [5.41, 5.74) is 2.86. The van der Waals surface area contributed by atoms with Crippen molar-refractivity contribution in [3.63, 3.8) is 0 Å². The van der Waals surface area contributed by atoms with E-state index in [2.05, 4.69) is 36.6 Å². The van der Waals surface area contributed by atoms with Crippen molar-refractivity contribution >= 4 is 0 Å². The molecular formula is C17H25NO2. The first kappa shape index (κ1) is 14.1. The van der Waals surface area contributed by atoms with Crippen LogP contribution in [0.5, 0.6) is 0 Å². The largest absolute Gasteiger partial charge is 0.381 e. The van der Waals surface area contributed by atoms with Crippen LogP contribution in [0.3, 0.4) is 0 Å². The van der Waals surface area contributed by atoms with Gasteiger partial charge >= 0.3 is 0 Å². The first-order chi connectivity index (χ1) is 9.88. The van der Waals surface area contributed by atoms with Crippen LogP contribution in [0.2, 0.25) is 0 Å². The number of nitrogens with one attached hydrogen (secondary N) is 1. The Morgan fingerprint density at radius 3 is 2.80 bits per heavy atom. The van der Waals surface area contributed by atoms with Gasteiger partial charge in [0.2, 0.25) is 0 Å². The third-order valence-electron chi connectivity index (χ3n) is 4.77. The summed E-state index contributed by atoms with van der Waals surface area (Å²) in [6.07, 6.45) is 4.70. The van der Waals surface area contributed by atoms with Crippen LogP contribution in [0.1, 0.15) is 36.5 Å². The van der Waals surface area contributed by atoms with E-state index >= 15 is 0 Å². The zero-order valence-electron chi connectivity index (χ0n) is 12.3. The summed E-state index contributed by atoms with van der Waals surface area (Å²) < 4.78 is 11.5. The number of benzene rings is 1. The molecule has 0 amide bonds. The van der Waals surface area contributed by atoms with E-state index in [1.165, 1.54) is 24.0 Å². The zero-order chi connectivity index (χ0) is 13.8. The molecule has 20 heavy (non-hydrogen) atoms. The maximum absolute atomic E-state index is 6.06. The van der Waals surface area contributed by atoms with Gasteiger partial charge in [0, 0.05) is 19.3 Å². The highest BCUT2D eigenvalue weighted by atomic mass is 16.5. The van der Waals surface area contributed by atoms with E-state index in [1.54, 1.807) is 0 Å². The van der Waals surface area contributed by atoms with Gasteiger partial charge in [-0.2, -0.15) is 0 Å². The number of hydrogen-bond acceptors (Lipinski definition) is 3. The topological polar surface area (TPSA) is 30.5 Å². The summed E-state index contributed by atoms with van der Waals surface area (Å²) in [4.78, 5) is 0. The van der Waals surface area contributed by atoms with Gasteiger partial charge < -0.3 is 14.8 Å². The fourth-order valence-corrected chi connectivity index (χ4v) is 3.57. The van der Waals surface area contributed by atoms with Crippen LogP contribution in [0, 0.1) is 5.92 Å². The van der Waals surface area contributed by atoms with Crippen LogP contribution >= 0.6 is 0 Å². The number of fused-ring (bicyclic) bond motifs is 1. The zero-order valence-corrected chi connectivity index (χ0v) is 12.3. The highest BCUT2D eigenvalue weighted by Gasteiger charge is 2.28. The summed E-state index contributed by atoms with van der Waals surface area (Å²) >= 11 is 0. The van der Waals surface area contributed by atoms with Crippen molar-refractivity contribution in [1.29, 1.82) is 0 Å². The average Bonchev–Trinajstić information content (AvgIpc) is 2.53. The molecule has 3 rings (SSSR count). The quantitative estimate of drug-likeness (QED) is 0.916. The number of hydrogen-bond donors (Lipinski definition) is 1. The predicted molar refractivity (Wildman–Crippen MR) is 79.8 cm³/mol. The highest BCUT2D eigenvalue weighted by molar-refractivity contribution is 5.31. The van der Waals surface area contributed by atoms with Gasteiger partial charge in [0.05, 0.1) is 12.7 Å². The lowest BCUT2D eigenvalue weighted by Gasteiger charge is -2.34. The molecule has 1 N–H and O–H groups in total. The van der Waals surface area contributed by atoms with Crippen LogP contribution in [-0.4, -0.2) is 32.9 Å². The molecule has 2 aliphatic heterocycles. The van der Waals surface area contributed by atoms with E-state index < -0.39 is 0 Å². The lowest BCUT2D eigenvalue weighted by atomic mass is 9.85. The summed E-state index contributed by atoms with van der Waals surface area (Å²) in [6.45, 7) is 2.67. The molecule has 3 nitrogen and oxygen atoms in total. The second-order valence-corrected chi connectivity index (χ2v) is 5.89. The Labute approximate surface area is 121 Å². The van der Waals surface area contributed by atoms with Gasteiger partial charge in [0.15, 0.2) is 0 Å². The van der Waals surface area contributed by atoms with Gasteiger partial charge in [0.1, 0.15) is 0 Å². The molecule has 1 saturated heterocycles. The van der Waals surface area contributed by atoms with Crippen molar-refractivity contribution in [2.75, 3.05) is 26.9 Å². The van der Waals surface area contributed by atoms with Gasteiger partial charge in [-0.15, -0.1) is 0 Å². The molecule has 0 spiro atoms. The third kappa shape index (κ3) is 3.05. The van der Waals surface area contributed by atoms with Gasteiger partial charge in [-0.1, -0.05) is 24.3 Å².